The number of aliphatic hydroxyl groups is 4. The summed E-state index contributed by atoms with van der Waals surface area (Å²) in [5.74, 6) is 0. The maximum Gasteiger partial charge on any atom is 0.108 e. The topological polar surface area (TPSA) is 80.9 Å². The molecule has 0 unspecified atom stereocenters. The van der Waals surface area contributed by atoms with Gasteiger partial charge in [0.05, 0.1) is 24.1 Å². The lowest BCUT2D eigenvalue weighted by atomic mass is 10.0. The molecule has 0 bridgehead atoms. The van der Waals surface area contributed by atoms with Gasteiger partial charge in [0, 0.05) is 5.25 Å². The van der Waals surface area contributed by atoms with E-state index in [1.54, 1.807) is 6.92 Å². The molecule has 0 radical (unpaired) electrons. The molecule has 1 saturated heterocycles. The Balaban J connectivity index is 2.63. The fourth-order valence-corrected chi connectivity index (χ4v) is 2.57. The Kier molecular flexibility index (Phi) is 3.37. The van der Waals surface area contributed by atoms with Crippen LogP contribution in [0.1, 0.15) is 6.92 Å². The van der Waals surface area contributed by atoms with E-state index in [1.165, 1.54) is 11.8 Å². The molecule has 0 saturated carbocycles. The van der Waals surface area contributed by atoms with Gasteiger partial charge in [-0.2, -0.15) is 0 Å². The summed E-state index contributed by atoms with van der Waals surface area (Å²) in [6.07, 6.45) is -3.09. The minimum Gasteiger partial charge on any atom is -0.395 e. The molecule has 0 aromatic rings. The molecule has 4 N–H and O–H groups in total. The Labute approximate surface area is 75.2 Å². The van der Waals surface area contributed by atoms with Crippen molar-refractivity contribution in [2.45, 2.75) is 35.7 Å². The van der Waals surface area contributed by atoms with Crippen molar-refractivity contribution in [3.05, 3.63) is 0 Å². The number of hydrogen-bond donors (Lipinski definition) is 4. The molecule has 1 aliphatic heterocycles. The standard InChI is InChI=1S/C7H14O4S/c1-3-5(9)7(11)6(10)4(2-8)12-3/h3-11H,2H2,1H3/t3-,4+,5-,6+,7+/m0/s1. The summed E-state index contributed by atoms with van der Waals surface area (Å²) in [6.45, 7) is 1.58. The van der Waals surface area contributed by atoms with Crippen molar-refractivity contribution in [1.29, 1.82) is 0 Å². The van der Waals surface area contributed by atoms with Crippen LogP contribution in [0.25, 0.3) is 0 Å². The first kappa shape index (κ1) is 10.3. The van der Waals surface area contributed by atoms with Gasteiger partial charge < -0.3 is 20.4 Å². The average Bonchev–Trinajstić information content (AvgIpc) is 2.08. The smallest absolute Gasteiger partial charge is 0.108 e. The second kappa shape index (κ2) is 3.93. The van der Waals surface area contributed by atoms with Crippen LogP contribution in [0, 0.1) is 0 Å². The zero-order valence-corrected chi connectivity index (χ0v) is 7.61. The second-order valence-corrected chi connectivity index (χ2v) is 4.66. The lowest BCUT2D eigenvalue weighted by molar-refractivity contribution is -0.0680. The van der Waals surface area contributed by atoms with Crippen LogP contribution in [0.2, 0.25) is 0 Å². The molecule has 5 heteroatoms. The van der Waals surface area contributed by atoms with Crippen molar-refractivity contribution in [1.82, 2.24) is 0 Å². The first-order valence-corrected chi connectivity index (χ1v) is 4.82. The van der Waals surface area contributed by atoms with Crippen LogP contribution in [-0.4, -0.2) is 55.8 Å². The molecule has 1 fully saturated rings. The number of rotatable bonds is 1. The molecule has 0 aromatic carbocycles. The van der Waals surface area contributed by atoms with Crippen molar-refractivity contribution in [3.8, 4) is 0 Å². The van der Waals surface area contributed by atoms with Crippen LogP contribution < -0.4 is 0 Å². The van der Waals surface area contributed by atoms with Crippen LogP contribution in [0.15, 0.2) is 0 Å². The molecule has 5 atom stereocenters. The molecule has 0 spiro atoms. The lowest BCUT2D eigenvalue weighted by Gasteiger charge is -2.37. The maximum atomic E-state index is 9.33. The SMILES string of the molecule is C[C@@H]1S[C@H](CO)[C@@H](O)[C@H](O)[C@H]1O. The van der Waals surface area contributed by atoms with Gasteiger partial charge in [-0.15, -0.1) is 11.8 Å². The van der Waals surface area contributed by atoms with Gasteiger partial charge in [0.15, 0.2) is 0 Å². The summed E-state index contributed by atoms with van der Waals surface area (Å²) in [6, 6.07) is 0. The lowest BCUT2D eigenvalue weighted by Crippen LogP contribution is -2.53. The molecular weight excluding hydrogens is 180 g/mol. The van der Waals surface area contributed by atoms with Gasteiger partial charge in [-0.25, -0.2) is 0 Å². The molecule has 12 heavy (non-hydrogen) atoms. The Hall–Kier alpha value is 0.190. The van der Waals surface area contributed by atoms with E-state index >= 15 is 0 Å². The first-order chi connectivity index (χ1) is 5.57. The minimum atomic E-state index is -1.14. The monoisotopic (exact) mass is 194 g/mol. The van der Waals surface area contributed by atoms with E-state index in [2.05, 4.69) is 0 Å². The predicted molar refractivity (Wildman–Crippen MR) is 45.9 cm³/mol. The van der Waals surface area contributed by atoms with E-state index in [9.17, 15) is 15.3 Å². The summed E-state index contributed by atoms with van der Waals surface area (Å²) in [7, 11) is 0. The Morgan fingerprint density at radius 1 is 1.08 bits per heavy atom. The van der Waals surface area contributed by atoms with Crippen molar-refractivity contribution in [2.75, 3.05) is 6.61 Å². The highest BCUT2D eigenvalue weighted by Gasteiger charge is 2.40. The zero-order valence-electron chi connectivity index (χ0n) is 6.79. The highest BCUT2D eigenvalue weighted by Crippen LogP contribution is 2.31. The quantitative estimate of drug-likeness (QED) is 0.411. The largest absolute Gasteiger partial charge is 0.395 e. The molecule has 0 aliphatic carbocycles. The molecule has 1 heterocycles. The number of aliphatic hydroxyl groups excluding tert-OH is 4. The molecule has 0 aromatic heterocycles. The van der Waals surface area contributed by atoms with Crippen molar-refractivity contribution in [2.24, 2.45) is 0 Å². The predicted octanol–water partition coefficient (Wildman–Crippen LogP) is -1.43. The average molecular weight is 194 g/mol. The van der Waals surface area contributed by atoms with E-state index in [0.29, 0.717) is 0 Å². The van der Waals surface area contributed by atoms with E-state index in [0.717, 1.165) is 0 Å². The van der Waals surface area contributed by atoms with Crippen LogP contribution >= 0.6 is 11.8 Å². The van der Waals surface area contributed by atoms with Gasteiger partial charge in [0.25, 0.3) is 0 Å². The molecular formula is C7H14O4S. The minimum absolute atomic E-state index is 0.152. The van der Waals surface area contributed by atoms with Crippen LogP contribution in [0.4, 0.5) is 0 Å². The van der Waals surface area contributed by atoms with Gasteiger partial charge >= 0.3 is 0 Å². The fourth-order valence-electron chi connectivity index (χ4n) is 1.29. The number of hydrogen-bond acceptors (Lipinski definition) is 5. The van der Waals surface area contributed by atoms with Crippen LogP contribution in [0.3, 0.4) is 0 Å². The molecule has 1 rings (SSSR count). The van der Waals surface area contributed by atoms with E-state index in [1.807, 2.05) is 0 Å². The summed E-state index contributed by atoms with van der Waals surface area (Å²) in [4.78, 5) is 0. The molecule has 72 valence electrons. The van der Waals surface area contributed by atoms with Crippen molar-refractivity contribution >= 4 is 11.8 Å². The molecule has 0 amide bonds. The molecule has 1 aliphatic rings. The molecule has 4 nitrogen and oxygen atoms in total. The Bertz CT molecular complexity index is 150. The van der Waals surface area contributed by atoms with Crippen molar-refractivity contribution < 1.29 is 20.4 Å². The summed E-state index contributed by atoms with van der Waals surface area (Å²) >= 11 is 1.30. The highest BCUT2D eigenvalue weighted by atomic mass is 32.2. The fraction of sp³-hybridized carbons (Fsp3) is 1.00. The normalized spacial score (nSPS) is 49.2. The van der Waals surface area contributed by atoms with Gasteiger partial charge in [-0.1, -0.05) is 6.92 Å². The van der Waals surface area contributed by atoms with Crippen molar-refractivity contribution in [3.63, 3.8) is 0 Å². The van der Waals surface area contributed by atoms with Gasteiger partial charge in [0.1, 0.15) is 6.10 Å². The van der Waals surface area contributed by atoms with Gasteiger partial charge in [-0.3, -0.25) is 0 Å². The van der Waals surface area contributed by atoms with E-state index in [4.69, 9.17) is 5.11 Å². The maximum absolute atomic E-state index is 9.33. The first-order valence-electron chi connectivity index (χ1n) is 3.88. The third kappa shape index (κ3) is 1.75. The summed E-state index contributed by atoms with van der Waals surface area (Å²) in [5, 5.41) is 36.2. The van der Waals surface area contributed by atoms with E-state index < -0.39 is 23.6 Å². The second-order valence-electron chi connectivity index (χ2n) is 3.03. The van der Waals surface area contributed by atoms with Crippen LogP contribution in [0.5, 0.6) is 0 Å². The van der Waals surface area contributed by atoms with Crippen LogP contribution in [-0.2, 0) is 0 Å². The van der Waals surface area contributed by atoms with Gasteiger partial charge in [0.2, 0.25) is 0 Å². The highest BCUT2D eigenvalue weighted by molar-refractivity contribution is 8.00. The van der Waals surface area contributed by atoms with Gasteiger partial charge in [-0.05, 0) is 0 Å². The summed E-state index contributed by atoms with van der Waals surface area (Å²) in [5.41, 5.74) is 0. The third-order valence-electron chi connectivity index (χ3n) is 2.13. The van der Waals surface area contributed by atoms with E-state index in [-0.39, 0.29) is 11.9 Å². The number of thioether (sulfide) groups is 1. The zero-order chi connectivity index (χ0) is 9.30. The third-order valence-corrected chi connectivity index (χ3v) is 3.62. The summed E-state index contributed by atoms with van der Waals surface area (Å²) < 4.78 is 0. The Morgan fingerprint density at radius 3 is 2.17 bits per heavy atom. The Morgan fingerprint density at radius 2 is 1.67 bits per heavy atom.